The average Bonchev–Trinajstić information content (AvgIpc) is 2.64. The van der Waals surface area contributed by atoms with Crippen LogP contribution in [0.5, 0.6) is 0 Å². The van der Waals surface area contributed by atoms with Gasteiger partial charge in [-0.1, -0.05) is 52.3 Å². The number of hydrogen-bond donors (Lipinski definition) is 1. The monoisotopic (exact) mass is 436 g/mol. The number of nitrogens with zero attached hydrogens (tertiary/aromatic N) is 1. The van der Waals surface area contributed by atoms with Crippen LogP contribution in [0.25, 0.3) is 0 Å². The van der Waals surface area contributed by atoms with Crippen molar-refractivity contribution in [3.05, 3.63) is 64.6 Å². The van der Waals surface area contributed by atoms with E-state index in [0.717, 1.165) is 10.0 Å². The normalized spacial score (nSPS) is 15.8. The first kappa shape index (κ1) is 19.1. The molecule has 1 amide bonds. The fourth-order valence-corrected chi connectivity index (χ4v) is 4.80. The molecule has 0 unspecified atom stereocenters. The lowest BCUT2D eigenvalue weighted by atomic mass is 10.0. The summed E-state index contributed by atoms with van der Waals surface area (Å²) >= 11 is 3.47. The Labute approximate surface area is 162 Å². The lowest BCUT2D eigenvalue weighted by molar-refractivity contribution is -0.131. The molecule has 138 valence electrons. The van der Waals surface area contributed by atoms with E-state index in [1.807, 2.05) is 29.2 Å². The van der Waals surface area contributed by atoms with E-state index in [0.29, 0.717) is 32.4 Å². The van der Waals surface area contributed by atoms with E-state index in [2.05, 4.69) is 20.7 Å². The Balaban J connectivity index is 1.54. The van der Waals surface area contributed by atoms with Crippen LogP contribution in [0.2, 0.25) is 0 Å². The molecule has 1 saturated heterocycles. The minimum absolute atomic E-state index is 0.0706. The first-order valence-corrected chi connectivity index (χ1v) is 10.8. The molecular weight excluding hydrogens is 416 g/mol. The fourth-order valence-electron chi connectivity index (χ4n) is 3.05. The van der Waals surface area contributed by atoms with Gasteiger partial charge in [0.25, 0.3) is 0 Å². The second-order valence-corrected chi connectivity index (χ2v) is 8.93. The maximum absolute atomic E-state index is 12.5. The van der Waals surface area contributed by atoms with E-state index in [-0.39, 0.29) is 16.8 Å². The van der Waals surface area contributed by atoms with Crippen LogP contribution >= 0.6 is 15.9 Å². The van der Waals surface area contributed by atoms with Gasteiger partial charge in [0, 0.05) is 23.6 Å². The van der Waals surface area contributed by atoms with Crippen LogP contribution in [0, 0.1) is 0 Å². The Hall–Kier alpha value is -1.70. The number of halogens is 1. The van der Waals surface area contributed by atoms with E-state index < -0.39 is 10.0 Å². The van der Waals surface area contributed by atoms with E-state index >= 15 is 0 Å². The van der Waals surface area contributed by atoms with Crippen molar-refractivity contribution in [1.82, 2.24) is 9.62 Å². The molecule has 7 heteroatoms. The zero-order valence-corrected chi connectivity index (χ0v) is 16.7. The van der Waals surface area contributed by atoms with Gasteiger partial charge in [0.05, 0.1) is 11.3 Å². The Morgan fingerprint density at radius 2 is 1.65 bits per heavy atom. The second-order valence-electron chi connectivity index (χ2n) is 6.36. The molecule has 1 N–H and O–H groups in total. The smallest absolute Gasteiger partial charge is 0.240 e. The highest BCUT2D eigenvalue weighted by atomic mass is 79.9. The number of likely N-dealkylation sites (tertiary alicyclic amines) is 1. The highest BCUT2D eigenvalue weighted by Crippen LogP contribution is 2.19. The topological polar surface area (TPSA) is 66.5 Å². The number of piperidine rings is 1. The lowest BCUT2D eigenvalue weighted by Gasteiger charge is -2.32. The van der Waals surface area contributed by atoms with Crippen LogP contribution in [-0.4, -0.2) is 38.4 Å². The Kier molecular flexibility index (Phi) is 6.11. The first-order valence-electron chi connectivity index (χ1n) is 8.54. The van der Waals surface area contributed by atoms with Crippen molar-refractivity contribution in [1.29, 1.82) is 0 Å². The molecular formula is C19H21BrN2O3S. The van der Waals surface area contributed by atoms with Crippen LogP contribution in [0.3, 0.4) is 0 Å². The largest absolute Gasteiger partial charge is 0.342 e. The maximum Gasteiger partial charge on any atom is 0.240 e. The van der Waals surface area contributed by atoms with Crippen molar-refractivity contribution < 1.29 is 13.2 Å². The number of sulfonamides is 1. The van der Waals surface area contributed by atoms with Crippen LogP contribution in [0.4, 0.5) is 0 Å². The minimum atomic E-state index is -3.51. The molecule has 0 aliphatic carbocycles. The summed E-state index contributed by atoms with van der Waals surface area (Å²) in [6.07, 6.45) is 1.59. The number of benzene rings is 2. The van der Waals surface area contributed by atoms with Gasteiger partial charge < -0.3 is 4.90 Å². The fraction of sp³-hybridized carbons (Fsp3) is 0.316. The zero-order valence-electron chi connectivity index (χ0n) is 14.3. The van der Waals surface area contributed by atoms with Gasteiger partial charge in [0.1, 0.15) is 0 Å². The number of nitrogens with one attached hydrogen (secondary N) is 1. The van der Waals surface area contributed by atoms with Crippen LogP contribution < -0.4 is 4.72 Å². The van der Waals surface area contributed by atoms with Gasteiger partial charge in [-0.15, -0.1) is 0 Å². The Morgan fingerprint density at radius 1 is 1.04 bits per heavy atom. The van der Waals surface area contributed by atoms with Crippen LogP contribution in [0.1, 0.15) is 18.4 Å². The molecule has 3 rings (SSSR count). The molecule has 0 saturated carbocycles. The highest BCUT2D eigenvalue weighted by Gasteiger charge is 2.26. The molecule has 1 fully saturated rings. The van der Waals surface area contributed by atoms with Gasteiger partial charge in [-0.05, 0) is 36.6 Å². The summed E-state index contributed by atoms with van der Waals surface area (Å²) in [5, 5.41) is 0. The molecule has 0 bridgehead atoms. The van der Waals surface area contributed by atoms with Crippen LogP contribution in [-0.2, 0) is 21.2 Å². The first-order chi connectivity index (χ1) is 12.5. The van der Waals surface area contributed by atoms with Gasteiger partial charge in [-0.2, -0.15) is 0 Å². The summed E-state index contributed by atoms with van der Waals surface area (Å²) in [6.45, 7) is 1.12. The predicted octanol–water partition coefficient (Wildman–Crippen LogP) is 2.96. The number of carbonyl (C=O) groups is 1. The minimum Gasteiger partial charge on any atom is -0.342 e. The second kappa shape index (κ2) is 8.33. The highest BCUT2D eigenvalue weighted by molar-refractivity contribution is 9.10. The molecule has 2 aromatic rings. The maximum atomic E-state index is 12.5. The zero-order chi connectivity index (χ0) is 18.6. The van der Waals surface area contributed by atoms with Crippen molar-refractivity contribution in [3.8, 4) is 0 Å². The Bertz CT molecular complexity index is 863. The summed E-state index contributed by atoms with van der Waals surface area (Å²) < 4.78 is 28.5. The molecule has 0 spiro atoms. The molecule has 0 atom stereocenters. The molecule has 5 nitrogen and oxygen atoms in total. The molecule has 1 aliphatic rings. The third-order valence-corrected chi connectivity index (χ3v) is 6.83. The number of rotatable bonds is 5. The third-order valence-electron chi connectivity index (χ3n) is 4.52. The van der Waals surface area contributed by atoms with E-state index in [9.17, 15) is 13.2 Å². The average molecular weight is 437 g/mol. The summed E-state index contributed by atoms with van der Waals surface area (Å²) in [5.74, 6) is 0.0706. The van der Waals surface area contributed by atoms with Gasteiger partial charge >= 0.3 is 0 Å². The van der Waals surface area contributed by atoms with Crippen molar-refractivity contribution in [2.45, 2.75) is 30.2 Å². The van der Waals surface area contributed by atoms with E-state index in [1.54, 1.807) is 30.3 Å². The molecule has 1 aliphatic heterocycles. The predicted molar refractivity (Wildman–Crippen MR) is 104 cm³/mol. The van der Waals surface area contributed by atoms with Crippen molar-refractivity contribution >= 4 is 31.9 Å². The molecule has 2 aromatic carbocycles. The molecule has 1 heterocycles. The van der Waals surface area contributed by atoms with Crippen molar-refractivity contribution in [3.63, 3.8) is 0 Å². The lowest BCUT2D eigenvalue weighted by Crippen LogP contribution is -2.46. The quantitative estimate of drug-likeness (QED) is 0.783. The molecule has 0 radical (unpaired) electrons. The van der Waals surface area contributed by atoms with Gasteiger partial charge in [-0.25, -0.2) is 13.1 Å². The van der Waals surface area contributed by atoms with Gasteiger partial charge in [0.2, 0.25) is 15.9 Å². The van der Waals surface area contributed by atoms with Crippen LogP contribution in [0.15, 0.2) is 64.0 Å². The third kappa shape index (κ3) is 4.72. The number of carbonyl (C=O) groups excluding carboxylic acids is 1. The van der Waals surface area contributed by atoms with E-state index in [4.69, 9.17) is 0 Å². The van der Waals surface area contributed by atoms with Gasteiger partial charge in [0.15, 0.2) is 0 Å². The van der Waals surface area contributed by atoms with Crippen molar-refractivity contribution in [2.75, 3.05) is 13.1 Å². The van der Waals surface area contributed by atoms with Crippen molar-refractivity contribution in [2.24, 2.45) is 0 Å². The summed E-state index contributed by atoms with van der Waals surface area (Å²) in [7, 11) is -3.51. The summed E-state index contributed by atoms with van der Waals surface area (Å²) in [6, 6.07) is 15.9. The number of amides is 1. The SMILES string of the molecule is O=C(Cc1ccccc1Br)N1CCC(NS(=O)(=O)c2ccccc2)CC1. The van der Waals surface area contributed by atoms with Gasteiger partial charge in [-0.3, -0.25) is 4.79 Å². The number of hydrogen-bond acceptors (Lipinski definition) is 3. The summed E-state index contributed by atoms with van der Waals surface area (Å²) in [5.41, 5.74) is 0.962. The standard InChI is InChI=1S/C19H21BrN2O3S/c20-18-9-5-4-6-15(18)14-19(23)22-12-10-16(11-13-22)21-26(24,25)17-7-2-1-3-8-17/h1-9,16,21H,10-14H2. The molecule has 0 aromatic heterocycles. The Morgan fingerprint density at radius 3 is 2.31 bits per heavy atom. The molecule has 26 heavy (non-hydrogen) atoms. The van der Waals surface area contributed by atoms with E-state index in [1.165, 1.54) is 0 Å². The summed E-state index contributed by atoms with van der Waals surface area (Å²) in [4.78, 5) is 14.6.